The maximum atomic E-state index is 4.52. The molecule has 0 unspecified atom stereocenters. The van der Waals surface area contributed by atoms with Crippen LogP contribution in [0.2, 0.25) is 0 Å². The topological polar surface area (TPSA) is 44.0 Å². The Hall–Kier alpha value is -3.11. The number of hydrogen-bond acceptors (Lipinski definition) is 3. The molecule has 4 heteroatoms. The van der Waals surface area contributed by atoms with Gasteiger partial charge < -0.3 is 10.3 Å². The first kappa shape index (κ1) is 21.1. The summed E-state index contributed by atoms with van der Waals surface area (Å²) in [6, 6.07) is 21.5. The van der Waals surface area contributed by atoms with Gasteiger partial charge in [0.2, 0.25) is 0 Å². The van der Waals surface area contributed by atoms with Crippen molar-refractivity contribution in [3.8, 4) is 0 Å². The number of pyridine rings is 1. The smallest absolute Gasteiger partial charge is 0.0564 e. The first-order valence-corrected chi connectivity index (χ1v) is 11.3. The summed E-state index contributed by atoms with van der Waals surface area (Å²) in [4.78, 5) is 10.3. The van der Waals surface area contributed by atoms with Gasteiger partial charge in [-0.05, 0) is 73.8 Å². The zero-order chi connectivity index (χ0) is 21.5. The zero-order valence-electron chi connectivity index (χ0n) is 18.6. The number of H-pyrrole nitrogens is 1. The van der Waals surface area contributed by atoms with E-state index in [4.69, 9.17) is 0 Å². The van der Waals surface area contributed by atoms with E-state index in [1.165, 1.54) is 22.0 Å². The lowest BCUT2D eigenvalue weighted by Crippen LogP contribution is -2.22. The van der Waals surface area contributed by atoms with Gasteiger partial charge in [0.1, 0.15) is 0 Å². The summed E-state index contributed by atoms with van der Waals surface area (Å²) in [5, 5.41) is 4.86. The molecule has 4 rings (SSSR count). The van der Waals surface area contributed by atoms with Crippen LogP contribution in [0, 0.1) is 0 Å². The first-order chi connectivity index (χ1) is 15.2. The van der Waals surface area contributed by atoms with Crippen LogP contribution in [-0.2, 0) is 19.4 Å². The van der Waals surface area contributed by atoms with Gasteiger partial charge in [0, 0.05) is 41.2 Å². The Morgan fingerprint density at radius 1 is 0.903 bits per heavy atom. The highest BCUT2D eigenvalue weighted by Gasteiger charge is 2.05. The van der Waals surface area contributed by atoms with Crippen LogP contribution in [-0.4, -0.2) is 28.0 Å². The molecule has 0 atom stereocenters. The molecule has 0 fully saturated rings. The molecule has 2 N–H and O–H groups in total. The van der Waals surface area contributed by atoms with Crippen LogP contribution in [0.3, 0.4) is 0 Å². The van der Waals surface area contributed by atoms with Crippen LogP contribution in [0.5, 0.6) is 0 Å². The van der Waals surface area contributed by atoms with E-state index in [2.05, 4.69) is 94.8 Å². The Balaban J connectivity index is 1.31. The molecule has 4 aromatic rings. The Morgan fingerprint density at radius 2 is 1.71 bits per heavy atom. The number of nitrogens with one attached hydrogen (secondary N) is 2. The summed E-state index contributed by atoms with van der Waals surface area (Å²) in [6.07, 6.45) is 7.37. The number of anilines is 2. The summed E-state index contributed by atoms with van der Waals surface area (Å²) in [5.74, 6) is 0. The van der Waals surface area contributed by atoms with Gasteiger partial charge in [-0.2, -0.15) is 0 Å². The SMILES string of the molecule is CCN(CC)Cc1cc(Nc2ccc(CCCc3c[nH]c4ccccc34)cc2)ccn1. The van der Waals surface area contributed by atoms with Crippen LogP contribution in [0.25, 0.3) is 10.9 Å². The number of fused-ring (bicyclic) bond motifs is 1. The molecule has 0 saturated carbocycles. The highest BCUT2D eigenvalue weighted by atomic mass is 15.1. The highest BCUT2D eigenvalue weighted by molar-refractivity contribution is 5.83. The molecule has 0 radical (unpaired) electrons. The van der Waals surface area contributed by atoms with Crippen molar-refractivity contribution in [1.82, 2.24) is 14.9 Å². The van der Waals surface area contributed by atoms with Crippen molar-refractivity contribution in [2.75, 3.05) is 18.4 Å². The lowest BCUT2D eigenvalue weighted by atomic mass is 10.0. The molecular formula is C27H32N4. The van der Waals surface area contributed by atoms with Crippen molar-refractivity contribution in [2.45, 2.75) is 39.7 Å². The second-order valence-electron chi connectivity index (χ2n) is 8.03. The number of aryl methyl sites for hydroxylation is 2. The average molecular weight is 413 g/mol. The van der Waals surface area contributed by atoms with Crippen molar-refractivity contribution in [2.24, 2.45) is 0 Å². The van der Waals surface area contributed by atoms with E-state index in [1.54, 1.807) is 0 Å². The number of para-hydroxylation sites is 1. The lowest BCUT2D eigenvalue weighted by molar-refractivity contribution is 0.292. The molecule has 4 nitrogen and oxygen atoms in total. The van der Waals surface area contributed by atoms with Crippen LogP contribution in [0.4, 0.5) is 11.4 Å². The fourth-order valence-electron chi connectivity index (χ4n) is 4.06. The summed E-state index contributed by atoms with van der Waals surface area (Å²) < 4.78 is 0. The Kier molecular flexibility index (Phi) is 7.00. The number of aromatic amines is 1. The molecule has 0 aliphatic carbocycles. The molecule has 0 saturated heterocycles. The van der Waals surface area contributed by atoms with E-state index in [-0.39, 0.29) is 0 Å². The second kappa shape index (κ2) is 10.3. The van der Waals surface area contributed by atoms with Gasteiger partial charge in [-0.1, -0.05) is 44.2 Å². The summed E-state index contributed by atoms with van der Waals surface area (Å²) in [7, 11) is 0. The molecule has 31 heavy (non-hydrogen) atoms. The van der Waals surface area contributed by atoms with E-state index in [9.17, 15) is 0 Å². The zero-order valence-corrected chi connectivity index (χ0v) is 18.6. The van der Waals surface area contributed by atoms with Gasteiger partial charge in [0.15, 0.2) is 0 Å². The third-order valence-electron chi connectivity index (χ3n) is 5.93. The minimum Gasteiger partial charge on any atom is -0.361 e. The van der Waals surface area contributed by atoms with Gasteiger partial charge in [-0.3, -0.25) is 9.88 Å². The third-order valence-corrected chi connectivity index (χ3v) is 5.93. The third kappa shape index (κ3) is 5.53. The first-order valence-electron chi connectivity index (χ1n) is 11.3. The van der Waals surface area contributed by atoms with Gasteiger partial charge in [-0.25, -0.2) is 0 Å². The molecule has 2 aromatic heterocycles. The monoisotopic (exact) mass is 412 g/mol. The molecule has 2 aromatic carbocycles. The van der Waals surface area contributed by atoms with Crippen LogP contribution < -0.4 is 5.32 Å². The Labute approximate surface area is 185 Å². The van der Waals surface area contributed by atoms with Crippen molar-refractivity contribution in [3.63, 3.8) is 0 Å². The molecule has 2 heterocycles. The minimum absolute atomic E-state index is 0.887. The molecule has 0 bridgehead atoms. The normalized spacial score (nSPS) is 11.3. The van der Waals surface area contributed by atoms with E-state index >= 15 is 0 Å². The summed E-state index contributed by atoms with van der Waals surface area (Å²) >= 11 is 0. The fraction of sp³-hybridized carbons (Fsp3) is 0.296. The Morgan fingerprint density at radius 3 is 2.52 bits per heavy atom. The molecule has 160 valence electrons. The van der Waals surface area contributed by atoms with Gasteiger partial charge >= 0.3 is 0 Å². The maximum Gasteiger partial charge on any atom is 0.0564 e. The van der Waals surface area contributed by atoms with E-state index in [1.807, 2.05) is 12.3 Å². The quantitative estimate of drug-likeness (QED) is 0.320. The molecular weight excluding hydrogens is 380 g/mol. The average Bonchev–Trinajstić information content (AvgIpc) is 3.22. The number of hydrogen-bond donors (Lipinski definition) is 2. The number of benzene rings is 2. The molecule has 0 spiro atoms. The predicted molar refractivity (Wildman–Crippen MR) is 131 cm³/mol. The van der Waals surface area contributed by atoms with Crippen molar-refractivity contribution in [3.05, 3.63) is 89.9 Å². The number of rotatable bonds is 10. The maximum absolute atomic E-state index is 4.52. The second-order valence-corrected chi connectivity index (χ2v) is 8.03. The van der Waals surface area contributed by atoms with Crippen LogP contribution in [0.15, 0.2) is 73.1 Å². The molecule has 0 amide bonds. The van der Waals surface area contributed by atoms with Crippen LogP contribution in [0.1, 0.15) is 37.1 Å². The number of aromatic nitrogens is 2. The van der Waals surface area contributed by atoms with Crippen LogP contribution >= 0.6 is 0 Å². The number of nitrogens with zero attached hydrogens (tertiary/aromatic N) is 2. The standard InChI is InChI=1S/C27H32N4/c1-3-31(4-2)20-25-18-24(16-17-28-25)30-23-14-12-21(13-15-23)8-7-9-22-19-29-27-11-6-5-10-26(22)27/h5-6,10-19,29H,3-4,7-9,20H2,1-2H3,(H,28,30). The van der Waals surface area contributed by atoms with Crippen molar-refractivity contribution in [1.29, 1.82) is 0 Å². The Bertz CT molecular complexity index is 1090. The summed E-state index contributed by atoms with van der Waals surface area (Å²) in [6.45, 7) is 7.34. The lowest BCUT2D eigenvalue weighted by Gasteiger charge is -2.17. The van der Waals surface area contributed by atoms with E-state index in [0.29, 0.717) is 0 Å². The molecule has 0 aliphatic rings. The van der Waals surface area contributed by atoms with E-state index in [0.717, 1.165) is 56.0 Å². The fourth-order valence-corrected chi connectivity index (χ4v) is 4.06. The van der Waals surface area contributed by atoms with E-state index < -0.39 is 0 Å². The van der Waals surface area contributed by atoms with Gasteiger partial charge in [-0.15, -0.1) is 0 Å². The predicted octanol–water partition coefficient (Wildman–Crippen LogP) is 6.32. The minimum atomic E-state index is 0.887. The van der Waals surface area contributed by atoms with Crippen molar-refractivity contribution >= 4 is 22.3 Å². The van der Waals surface area contributed by atoms with Gasteiger partial charge in [0.05, 0.1) is 5.69 Å². The van der Waals surface area contributed by atoms with Crippen molar-refractivity contribution < 1.29 is 0 Å². The highest BCUT2D eigenvalue weighted by Crippen LogP contribution is 2.21. The largest absolute Gasteiger partial charge is 0.361 e. The molecule has 0 aliphatic heterocycles. The van der Waals surface area contributed by atoms with Gasteiger partial charge in [0.25, 0.3) is 0 Å². The summed E-state index contributed by atoms with van der Waals surface area (Å²) in [5.41, 5.74) is 7.31.